The quantitative estimate of drug-likeness (QED) is 0.524. The van der Waals surface area contributed by atoms with Gasteiger partial charge in [-0.05, 0) is 55.8 Å². The second kappa shape index (κ2) is 6.93. The summed E-state index contributed by atoms with van der Waals surface area (Å²) in [5.74, 6) is 0.809. The van der Waals surface area contributed by atoms with Crippen LogP contribution >= 0.6 is 11.6 Å². The van der Waals surface area contributed by atoms with Gasteiger partial charge in [0.25, 0.3) is 5.56 Å². The molecule has 2 aromatic heterocycles. The number of benzene rings is 2. The molecule has 2 heterocycles. The van der Waals surface area contributed by atoms with Crippen molar-refractivity contribution in [2.45, 2.75) is 13.8 Å². The fourth-order valence-corrected chi connectivity index (χ4v) is 3.12. The van der Waals surface area contributed by atoms with Gasteiger partial charge in [-0.15, -0.1) is 0 Å². The van der Waals surface area contributed by atoms with E-state index in [9.17, 15) is 4.79 Å². The van der Waals surface area contributed by atoms with Gasteiger partial charge in [-0.1, -0.05) is 17.7 Å². The summed E-state index contributed by atoms with van der Waals surface area (Å²) in [6, 6.07) is 13.2. The summed E-state index contributed by atoms with van der Waals surface area (Å²) in [5.41, 5.74) is 3.49. The molecule has 0 fully saturated rings. The molecule has 0 saturated heterocycles. The van der Waals surface area contributed by atoms with E-state index in [-0.39, 0.29) is 5.56 Å². The van der Waals surface area contributed by atoms with Crippen molar-refractivity contribution >= 4 is 17.2 Å². The molecule has 4 rings (SSSR count). The Bertz CT molecular complexity index is 1180. The van der Waals surface area contributed by atoms with Gasteiger partial charge in [0.2, 0.25) is 5.65 Å². The van der Waals surface area contributed by atoms with Gasteiger partial charge in [0.05, 0.1) is 18.0 Å². The minimum Gasteiger partial charge on any atom is -0.494 e. The molecule has 5 nitrogen and oxygen atoms in total. The van der Waals surface area contributed by atoms with E-state index in [1.807, 2.05) is 62.6 Å². The van der Waals surface area contributed by atoms with E-state index < -0.39 is 0 Å². The van der Waals surface area contributed by atoms with E-state index in [1.54, 1.807) is 21.2 Å². The SMILES string of the molecule is CCOc1ccc(-c2cn3ccn(-c4ccc(C)c(Cl)c4)c(=O)c3n2)cc1. The molecule has 0 amide bonds. The molecule has 0 aliphatic rings. The Morgan fingerprint density at radius 2 is 1.89 bits per heavy atom. The summed E-state index contributed by atoms with van der Waals surface area (Å²) in [6.07, 6.45) is 5.38. The molecule has 0 radical (unpaired) electrons. The molecule has 2 aromatic carbocycles. The van der Waals surface area contributed by atoms with Gasteiger partial charge < -0.3 is 9.14 Å². The minimum absolute atomic E-state index is 0.199. The molecule has 27 heavy (non-hydrogen) atoms. The van der Waals surface area contributed by atoms with E-state index in [0.29, 0.717) is 23.0 Å². The molecule has 0 atom stereocenters. The van der Waals surface area contributed by atoms with Gasteiger partial charge in [-0.25, -0.2) is 4.98 Å². The van der Waals surface area contributed by atoms with Gasteiger partial charge in [0, 0.05) is 29.2 Å². The number of hydrogen-bond donors (Lipinski definition) is 0. The number of ether oxygens (including phenoxy) is 1. The van der Waals surface area contributed by atoms with Crippen LogP contribution in [0.1, 0.15) is 12.5 Å². The van der Waals surface area contributed by atoms with Crippen LogP contribution in [0.25, 0.3) is 22.6 Å². The minimum atomic E-state index is -0.199. The third kappa shape index (κ3) is 3.22. The predicted molar refractivity (Wildman–Crippen MR) is 107 cm³/mol. The van der Waals surface area contributed by atoms with Crippen LogP contribution in [0.15, 0.2) is 65.8 Å². The number of fused-ring (bicyclic) bond motifs is 1. The van der Waals surface area contributed by atoms with Gasteiger partial charge in [-0.2, -0.15) is 0 Å². The fraction of sp³-hybridized carbons (Fsp3) is 0.143. The van der Waals surface area contributed by atoms with E-state index in [2.05, 4.69) is 4.98 Å². The summed E-state index contributed by atoms with van der Waals surface area (Å²) in [4.78, 5) is 17.5. The Labute approximate surface area is 161 Å². The van der Waals surface area contributed by atoms with E-state index in [1.165, 1.54) is 0 Å². The highest BCUT2D eigenvalue weighted by Gasteiger charge is 2.11. The van der Waals surface area contributed by atoms with Crippen LogP contribution < -0.4 is 10.3 Å². The number of halogens is 1. The lowest BCUT2D eigenvalue weighted by Crippen LogP contribution is -2.19. The zero-order valence-corrected chi connectivity index (χ0v) is 15.8. The summed E-state index contributed by atoms with van der Waals surface area (Å²) >= 11 is 6.21. The first-order valence-corrected chi connectivity index (χ1v) is 9.05. The fourth-order valence-electron chi connectivity index (χ4n) is 2.94. The smallest absolute Gasteiger partial charge is 0.298 e. The molecule has 0 bridgehead atoms. The largest absolute Gasteiger partial charge is 0.494 e. The summed E-state index contributed by atoms with van der Waals surface area (Å²) in [5, 5.41) is 0.623. The highest BCUT2D eigenvalue weighted by atomic mass is 35.5. The van der Waals surface area contributed by atoms with Crippen LogP contribution in [-0.4, -0.2) is 20.6 Å². The lowest BCUT2D eigenvalue weighted by atomic mass is 10.2. The molecule has 0 N–H and O–H groups in total. The first kappa shape index (κ1) is 17.4. The van der Waals surface area contributed by atoms with Crippen LogP contribution in [-0.2, 0) is 0 Å². The zero-order valence-electron chi connectivity index (χ0n) is 15.0. The average Bonchev–Trinajstić information content (AvgIpc) is 3.11. The van der Waals surface area contributed by atoms with Crippen LogP contribution in [0, 0.1) is 6.92 Å². The predicted octanol–water partition coefficient (Wildman–Crippen LogP) is 4.51. The summed E-state index contributed by atoms with van der Waals surface area (Å²) in [7, 11) is 0. The first-order valence-electron chi connectivity index (χ1n) is 8.67. The number of rotatable bonds is 4. The van der Waals surface area contributed by atoms with Gasteiger partial charge >= 0.3 is 0 Å². The van der Waals surface area contributed by atoms with E-state index in [4.69, 9.17) is 16.3 Å². The topological polar surface area (TPSA) is 48.5 Å². The van der Waals surface area contributed by atoms with Gasteiger partial charge in [0.15, 0.2) is 0 Å². The molecule has 0 unspecified atom stereocenters. The normalized spacial score (nSPS) is 11.1. The molecule has 0 spiro atoms. The van der Waals surface area contributed by atoms with Crippen molar-refractivity contribution in [2.75, 3.05) is 6.61 Å². The molecular formula is C21H18ClN3O2. The standard InChI is InChI=1S/C21H18ClN3O2/c1-3-27-17-8-5-15(6-9-17)19-13-24-10-11-25(21(26)20(24)23-19)16-7-4-14(2)18(22)12-16/h4-13H,3H2,1-2H3. The highest BCUT2D eigenvalue weighted by molar-refractivity contribution is 6.31. The molecule has 0 aliphatic carbocycles. The third-order valence-electron chi connectivity index (χ3n) is 4.41. The van der Waals surface area contributed by atoms with Gasteiger partial charge in [-0.3, -0.25) is 9.36 Å². The number of imidazole rings is 1. The van der Waals surface area contributed by atoms with Gasteiger partial charge in [0.1, 0.15) is 5.75 Å². The third-order valence-corrected chi connectivity index (χ3v) is 4.82. The average molecular weight is 380 g/mol. The molecular weight excluding hydrogens is 362 g/mol. The van der Waals surface area contributed by atoms with Crippen molar-refractivity contribution < 1.29 is 4.74 Å². The number of aromatic nitrogens is 3. The van der Waals surface area contributed by atoms with Crippen molar-refractivity contribution in [1.29, 1.82) is 0 Å². The molecule has 0 saturated carbocycles. The second-order valence-electron chi connectivity index (χ2n) is 6.22. The summed E-state index contributed by atoms with van der Waals surface area (Å²) in [6.45, 7) is 4.49. The Kier molecular flexibility index (Phi) is 4.46. The maximum absolute atomic E-state index is 12.9. The zero-order chi connectivity index (χ0) is 19.0. The Morgan fingerprint density at radius 3 is 2.59 bits per heavy atom. The lowest BCUT2D eigenvalue weighted by Gasteiger charge is -2.07. The van der Waals surface area contributed by atoms with Crippen molar-refractivity contribution in [3.8, 4) is 22.7 Å². The van der Waals surface area contributed by atoms with Crippen molar-refractivity contribution in [3.05, 3.63) is 82.0 Å². The monoisotopic (exact) mass is 379 g/mol. The first-order chi connectivity index (χ1) is 13.1. The Hall–Kier alpha value is -3.05. The van der Waals surface area contributed by atoms with Crippen LogP contribution in [0.2, 0.25) is 5.02 Å². The molecule has 4 aromatic rings. The van der Waals surface area contributed by atoms with E-state index in [0.717, 1.165) is 22.6 Å². The lowest BCUT2D eigenvalue weighted by molar-refractivity contribution is 0.340. The second-order valence-corrected chi connectivity index (χ2v) is 6.63. The highest BCUT2D eigenvalue weighted by Crippen LogP contribution is 2.22. The maximum Gasteiger partial charge on any atom is 0.298 e. The number of nitrogens with zero attached hydrogens (tertiary/aromatic N) is 3. The maximum atomic E-state index is 12.9. The Morgan fingerprint density at radius 1 is 1.11 bits per heavy atom. The number of aryl methyl sites for hydroxylation is 1. The van der Waals surface area contributed by atoms with E-state index >= 15 is 0 Å². The van der Waals surface area contributed by atoms with Crippen LogP contribution in [0.4, 0.5) is 0 Å². The van der Waals surface area contributed by atoms with Crippen molar-refractivity contribution in [1.82, 2.24) is 14.0 Å². The van der Waals surface area contributed by atoms with Crippen molar-refractivity contribution in [3.63, 3.8) is 0 Å². The number of hydrogen-bond acceptors (Lipinski definition) is 3. The molecule has 136 valence electrons. The van der Waals surface area contributed by atoms with Crippen molar-refractivity contribution in [2.24, 2.45) is 0 Å². The molecule has 6 heteroatoms. The Balaban J connectivity index is 1.78. The molecule has 0 aliphatic heterocycles. The summed E-state index contributed by atoms with van der Waals surface area (Å²) < 4.78 is 8.76. The van der Waals surface area contributed by atoms with Crippen LogP contribution in [0.5, 0.6) is 5.75 Å². The van der Waals surface area contributed by atoms with Crippen LogP contribution in [0.3, 0.4) is 0 Å².